The van der Waals surface area contributed by atoms with Gasteiger partial charge in [-0.05, 0) is 19.3 Å². The molecule has 0 aromatic rings. The Balaban J connectivity index is -0.000000231. The minimum atomic E-state index is -0.350. The van der Waals surface area contributed by atoms with Gasteiger partial charge in [0.15, 0.2) is 0 Å². The fourth-order valence-corrected chi connectivity index (χ4v) is 11.8. The van der Waals surface area contributed by atoms with Gasteiger partial charge in [0.05, 0.1) is 208 Å². The summed E-state index contributed by atoms with van der Waals surface area (Å²) >= 11 is 0. The molecule has 0 saturated heterocycles. The predicted molar refractivity (Wildman–Crippen MR) is 427 cm³/mol. The summed E-state index contributed by atoms with van der Waals surface area (Å²) in [6.07, 6.45) is 1.82. The monoisotopic (exact) mass is 1640 g/mol. The van der Waals surface area contributed by atoms with E-state index in [1.807, 2.05) is 0 Å². The number of ether oxygens (including phenoxy) is 33. The number of hydrogen-bond donors (Lipinski definition) is 0. The van der Waals surface area contributed by atoms with Crippen molar-refractivity contribution in [1.82, 2.24) is 0 Å². The van der Waals surface area contributed by atoms with E-state index in [9.17, 15) is 0 Å². The molecule has 0 bridgehead atoms. The molecule has 0 aliphatic carbocycles. The van der Waals surface area contributed by atoms with Crippen LogP contribution in [0.2, 0.25) is 0 Å². The molecule has 0 aromatic heterocycles. The molecule has 0 radical (unpaired) electrons. The summed E-state index contributed by atoms with van der Waals surface area (Å²) < 4.78 is 174. The van der Waals surface area contributed by atoms with Gasteiger partial charge in [0.2, 0.25) is 0 Å². The largest absolute Gasteiger partial charge is 0.384 e. The van der Waals surface area contributed by atoms with Crippen LogP contribution in [0.5, 0.6) is 0 Å². The zero-order valence-electron chi connectivity index (χ0n) is 76.1. The molecule has 0 rings (SSSR count). The van der Waals surface area contributed by atoms with E-state index in [0.29, 0.717) is 192 Å². The summed E-state index contributed by atoms with van der Waals surface area (Å²) in [5, 5.41) is 0. The van der Waals surface area contributed by atoms with Gasteiger partial charge in [0.25, 0.3) is 0 Å². The van der Waals surface area contributed by atoms with Crippen molar-refractivity contribution in [2.24, 2.45) is 32.5 Å². The van der Waals surface area contributed by atoms with E-state index in [1.165, 1.54) is 0 Å². The highest BCUT2D eigenvalue weighted by molar-refractivity contribution is 4.87. The van der Waals surface area contributed by atoms with Gasteiger partial charge in [-0.25, -0.2) is 0 Å². The molecular formula is C78H170O33. The molecule has 0 aliphatic heterocycles. The van der Waals surface area contributed by atoms with Gasteiger partial charge in [0.1, 0.15) is 42.7 Å². The van der Waals surface area contributed by atoms with E-state index in [2.05, 4.69) is 20.8 Å². The topological polar surface area (TPSA) is 305 Å². The molecule has 0 aromatic carbocycles. The summed E-state index contributed by atoms with van der Waals surface area (Å²) in [5.41, 5.74) is -1.05. The van der Waals surface area contributed by atoms with Gasteiger partial charge in [0, 0.05) is 230 Å². The first-order valence-electron chi connectivity index (χ1n) is 37.1. The second-order valence-corrected chi connectivity index (χ2v) is 27.2. The highest BCUT2D eigenvalue weighted by Crippen LogP contribution is 2.29. The lowest BCUT2D eigenvalue weighted by atomic mass is 9.86. The first-order chi connectivity index (χ1) is 53.4. The maximum absolute atomic E-state index is 6.04. The van der Waals surface area contributed by atoms with Crippen molar-refractivity contribution in [1.29, 1.82) is 0 Å². The highest BCUT2D eigenvalue weighted by Gasteiger charge is 2.39. The number of methoxy groups -OCH3 is 30. The Morgan fingerprint density at radius 1 is 0.153 bits per heavy atom. The van der Waals surface area contributed by atoms with Crippen molar-refractivity contribution in [2.45, 2.75) is 82.8 Å². The highest BCUT2D eigenvalue weighted by atomic mass is 16.6. The number of hydrogen-bond acceptors (Lipinski definition) is 33. The molecule has 0 heterocycles. The Bertz CT molecular complexity index is 1590. The van der Waals surface area contributed by atoms with E-state index in [1.54, 1.807) is 213 Å². The van der Waals surface area contributed by atoms with Crippen molar-refractivity contribution in [3.63, 3.8) is 0 Å². The second-order valence-electron chi connectivity index (χ2n) is 27.2. The van der Waals surface area contributed by atoms with Crippen LogP contribution in [0.3, 0.4) is 0 Å². The number of rotatable bonds is 71. The van der Waals surface area contributed by atoms with Gasteiger partial charge in [-0.3, -0.25) is 0 Å². The Kier molecular flexibility index (Phi) is 95.8. The van der Waals surface area contributed by atoms with Gasteiger partial charge in [-0.1, -0.05) is 20.8 Å². The van der Waals surface area contributed by atoms with E-state index in [-0.39, 0.29) is 75.2 Å². The van der Waals surface area contributed by atoms with Crippen molar-refractivity contribution in [3.05, 3.63) is 0 Å². The first kappa shape index (κ1) is 123. The summed E-state index contributed by atoms with van der Waals surface area (Å²) in [4.78, 5) is 0. The van der Waals surface area contributed by atoms with Crippen LogP contribution < -0.4 is 0 Å². The van der Waals surface area contributed by atoms with Gasteiger partial charge >= 0.3 is 0 Å². The zero-order chi connectivity index (χ0) is 86.0. The van der Waals surface area contributed by atoms with Crippen molar-refractivity contribution < 1.29 is 156 Å². The van der Waals surface area contributed by atoms with Gasteiger partial charge in [-0.2, -0.15) is 0 Å². The Morgan fingerprint density at radius 3 is 0.468 bits per heavy atom. The third kappa shape index (κ3) is 61.6. The maximum atomic E-state index is 6.04. The van der Waals surface area contributed by atoms with Crippen LogP contribution in [-0.2, 0) is 156 Å². The SMILES string of the molecule is CCC(COC)(COC)COC.CCC(COC)(COC)COCC(CC)(COC)COC.COCC(COC)(COC)COC.COCC(COC)(COC)COCC(COC)(COC)COC.COCC(COC)OC.COCC(COCC(COC)OC)OC.COCC(OC)C(OC)C(OC)C(COC)OC. The fourth-order valence-electron chi connectivity index (χ4n) is 11.8. The molecule has 0 fully saturated rings. The standard InChI is InChI=1S/C16H34O7.C16H34O5.C12H26O6.C10H22O5.C9H20O4.C9H20O3.C6H14O3/c1-17-7-15(8-18-2,9-19-3)13-23-14-16(10-20-4,11-21-5)12-22-6;1-7-15(9-17-3,10-18-4)13-21-14-16(8-2,11-19-5)12-20-6;1-13-7-9(15-3)11(17-5)12(18-6)10(16-4)8-14-2;1-11-5-9(13-3)7-15-8-10(14-4)6-12-2;1-10-5-9(6-11-2,7-12-3)8-13-4;1-5-9(6-10-2,7-11-3)8-12-4;1-7-4-6(9-3)5-8-2/h7-14H2,1-6H3;7-14H2,1-6H3;9-12H,7-8H2,1-6H3;9-10H,5-8H2,1-4H3;5-8H2,1-4H3;5-8H2,1-4H3;6H,4-5H2,1-3H3. The first-order valence-corrected chi connectivity index (χ1v) is 37.1. The molecule has 0 spiro atoms. The van der Waals surface area contributed by atoms with Gasteiger partial charge in [-0.15, -0.1) is 0 Å². The normalized spacial score (nSPS) is 13.7. The molecule has 33 nitrogen and oxygen atoms in total. The quantitative estimate of drug-likeness (QED) is 0.0666. The summed E-state index contributed by atoms with van der Waals surface area (Å²) in [5.74, 6) is 0. The molecule has 680 valence electrons. The summed E-state index contributed by atoms with van der Waals surface area (Å²) in [6, 6.07) is 0. The Labute approximate surface area is 674 Å². The molecule has 33 heteroatoms. The average molecular weight is 1640 g/mol. The lowest BCUT2D eigenvalue weighted by Gasteiger charge is -2.35. The molecule has 0 N–H and O–H groups in total. The lowest BCUT2D eigenvalue weighted by molar-refractivity contribution is -0.166. The smallest absolute Gasteiger partial charge is 0.114 e. The van der Waals surface area contributed by atoms with Crippen LogP contribution in [-0.4, -0.2) is 448 Å². The summed E-state index contributed by atoms with van der Waals surface area (Å²) in [7, 11) is 49.7. The van der Waals surface area contributed by atoms with Crippen LogP contribution in [0.15, 0.2) is 0 Å². The minimum absolute atomic E-state index is 0.0260. The third-order valence-corrected chi connectivity index (χ3v) is 17.4. The van der Waals surface area contributed by atoms with E-state index < -0.39 is 0 Å². The minimum Gasteiger partial charge on any atom is -0.384 e. The molecule has 0 aliphatic rings. The molecule has 111 heavy (non-hydrogen) atoms. The Hall–Kier alpha value is -1.32. The van der Waals surface area contributed by atoms with Crippen LogP contribution in [0.25, 0.3) is 0 Å². The molecule has 0 saturated carbocycles. The van der Waals surface area contributed by atoms with Gasteiger partial charge < -0.3 is 156 Å². The maximum Gasteiger partial charge on any atom is 0.114 e. The van der Waals surface area contributed by atoms with Crippen molar-refractivity contribution in [3.8, 4) is 0 Å². The predicted octanol–water partition coefficient (Wildman–Crippen LogP) is 6.08. The fraction of sp³-hybridized carbons (Fsp3) is 1.00. The average Bonchev–Trinajstić information content (AvgIpc) is 0.866. The molecular weight excluding hydrogens is 1460 g/mol. The third-order valence-electron chi connectivity index (χ3n) is 17.4. The molecule has 6 unspecified atom stereocenters. The molecule has 6 atom stereocenters. The van der Waals surface area contributed by atoms with E-state index in [4.69, 9.17) is 156 Å². The van der Waals surface area contributed by atoms with Crippen LogP contribution >= 0.6 is 0 Å². The van der Waals surface area contributed by atoms with Crippen LogP contribution in [0, 0.1) is 32.5 Å². The van der Waals surface area contributed by atoms with Crippen LogP contribution in [0.1, 0.15) is 40.0 Å². The van der Waals surface area contributed by atoms with Crippen LogP contribution in [0.4, 0.5) is 0 Å². The van der Waals surface area contributed by atoms with Crippen molar-refractivity contribution in [2.75, 3.05) is 405 Å². The van der Waals surface area contributed by atoms with E-state index in [0.717, 1.165) is 19.3 Å². The summed E-state index contributed by atoms with van der Waals surface area (Å²) in [6.45, 7) is 22.3. The second kappa shape index (κ2) is 86.5. The zero-order valence-corrected chi connectivity index (χ0v) is 76.1. The van der Waals surface area contributed by atoms with Crippen molar-refractivity contribution >= 4 is 0 Å². The lowest BCUT2D eigenvalue weighted by Crippen LogP contribution is -2.50. The Morgan fingerprint density at radius 2 is 0.315 bits per heavy atom. The molecule has 0 amide bonds. The van der Waals surface area contributed by atoms with E-state index >= 15 is 0 Å².